The monoisotopic (exact) mass is 246 g/mol. The highest BCUT2D eigenvalue weighted by Crippen LogP contribution is 2.34. The van der Waals surface area contributed by atoms with Crippen molar-refractivity contribution in [1.82, 2.24) is 5.32 Å². The lowest BCUT2D eigenvalue weighted by Crippen LogP contribution is -2.27. The summed E-state index contributed by atoms with van der Waals surface area (Å²) in [4.78, 5) is 11.7. The summed E-state index contributed by atoms with van der Waals surface area (Å²) in [5.41, 5.74) is 7.56. The molecule has 1 fully saturated rings. The van der Waals surface area contributed by atoms with Crippen LogP contribution in [0.2, 0.25) is 0 Å². The van der Waals surface area contributed by atoms with Gasteiger partial charge >= 0.3 is 0 Å². The number of benzene rings is 1. The van der Waals surface area contributed by atoms with Gasteiger partial charge in [-0.05, 0) is 42.9 Å². The average Bonchev–Trinajstić information content (AvgIpc) is 3.07. The first-order valence-corrected chi connectivity index (χ1v) is 6.83. The van der Waals surface area contributed by atoms with Crippen molar-refractivity contribution in [2.45, 2.75) is 45.1 Å². The van der Waals surface area contributed by atoms with Crippen molar-refractivity contribution in [1.29, 1.82) is 0 Å². The Morgan fingerprint density at radius 3 is 2.78 bits per heavy atom. The molecule has 0 radical (unpaired) electrons. The molecule has 2 rings (SSSR count). The summed E-state index contributed by atoms with van der Waals surface area (Å²) in [5, 5.41) is 3.11. The van der Waals surface area contributed by atoms with E-state index < -0.39 is 0 Å². The highest BCUT2D eigenvalue weighted by molar-refractivity contribution is 5.76. The minimum atomic E-state index is 0.176. The van der Waals surface area contributed by atoms with E-state index >= 15 is 0 Å². The number of rotatable bonds is 6. The van der Waals surface area contributed by atoms with Crippen molar-refractivity contribution < 1.29 is 4.79 Å². The average molecular weight is 246 g/mol. The Kier molecular flexibility index (Phi) is 4.24. The lowest BCUT2D eigenvalue weighted by atomic mass is 10.1. The van der Waals surface area contributed by atoms with Gasteiger partial charge in [0.1, 0.15) is 0 Å². The molecule has 1 amide bonds. The molecule has 0 aliphatic heterocycles. The number of carbonyl (C=O) groups is 1. The maximum atomic E-state index is 11.7. The van der Waals surface area contributed by atoms with Gasteiger partial charge in [0.2, 0.25) is 5.91 Å². The number of nitrogen functional groups attached to an aromatic ring is 1. The van der Waals surface area contributed by atoms with E-state index in [2.05, 4.69) is 12.2 Å². The van der Waals surface area contributed by atoms with Crippen LogP contribution in [0.4, 0.5) is 5.69 Å². The fourth-order valence-electron chi connectivity index (χ4n) is 2.34. The second-order valence-electron chi connectivity index (χ2n) is 5.20. The number of nitrogens with one attached hydrogen (secondary N) is 1. The number of aryl methyl sites for hydroxylation is 1. The third-order valence-electron chi connectivity index (χ3n) is 3.55. The first-order chi connectivity index (χ1) is 8.69. The molecule has 0 bridgehead atoms. The molecule has 98 valence electrons. The molecule has 2 atom stereocenters. The second kappa shape index (κ2) is 5.89. The van der Waals surface area contributed by atoms with E-state index in [4.69, 9.17) is 5.73 Å². The maximum absolute atomic E-state index is 11.7. The molecule has 1 saturated carbocycles. The van der Waals surface area contributed by atoms with Gasteiger partial charge in [0, 0.05) is 18.2 Å². The minimum Gasteiger partial charge on any atom is -0.399 e. The molecule has 18 heavy (non-hydrogen) atoms. The molecule has 2 unspecified atom stereocenters. The Hall–Kier alpha value is -1.51. The van der Waals surface area contributed by atoms with Gasteiger partial charge in [-0.25, -0.2) is 0 Å². The first kappa shape index (κ1) is 12.9. The zero-order valence-electron chi connectivity index (χ0n) is 11.0. The van der Waals surface area contributed by atoms with Crippen LogP contribution in [0.15, 0.2) is 24.3 Å². The number of nitrogens with two attached hydrogens (primary N) is 1. The van der Waals surface area contributed by atoms with Gasteiger partial charge in [0.15, 0.2) is 0 Å². The van der Waals surface area contributed by atoms with Crippen LogP contribution in [0.1, 0.15) is 38.2 Å². The largest absolute Gasteiger partial charge is 0.399 e. The standard InChI is InChI=1S/C15H22N2O/c1-2-3-12-10-14(12)17-15(18)9-6-11-4-7-13(16)8-5-11/h4-5,7-8,12,14H,2-3,6,9-10,16H2,1H3,(H,17,18). The van der Waals surface area contributed by atoms with Crippen LogP contribution in [0.3, 0.4) is 0 Å². The number of hydrogen-bond donors (Lipinski definition) is 2. The molecule has 3 N–H and O–H groups in total. The van der Waals surface area contributed by atoms with Crippen LogP contribution < -0.4 is 11.1 Å². The third-order valence-corrected chi connectivity index (χ3v) is 3.55. The normalized spacial score (nSPS) is 21.6. The summed E-state index contributed by atoms with van der Waals surface area (Å²) in [6, 6.07) is 8.18. The van der Waals surface area contributed by atoms with Crippen molar-refractivity contribution in [3.05, 3.63) is 29.8 Å². The lowest BCUT2D eigenvalue weighted by molar-refractivity contribution is -0.121. The van der Waals surface area contributed by atoms with E-state index in [0.717, 1.165) is 18.0 Å². The van der Waals surface area contributed by atoms with Crippen molar-refractivity contribution in [3.8, 4) is 0 Å². The van der Waals surface area contributed by atoms with Crippen LogP contribution in [-0.2, 0) is 11.2 Å². The fraction of sp³-hybridized carbons (Fsp3) is 0.533. The molecule has 0 spiro atoms. The van der Waals surface area contributed by atoms with Gasteiger partial charge < -0.3 is 11.1 Å². The van der Waals surface area contributed by atoms with E-state index in [-0.39, 0.29) is 5.91 Å². The van der Waals surface area contributed by atoms with E-state index in [1.54, 1.807) is 0 Å². The van der Waals surface area contributed by atoms with Crippen molar-refractivity contribution in [2.75, 3.05) is 5.73 Å². The molecule has 0 saturated heterocycles. The molecular formula is C15H22N2O. The Morgan fingerprint density at radius 2 is 2.11 bits per heavy atom. The van der Waals surface area contributed by atoms with Gasteiger partial charge in [-0.3, -0.25) is 4.79 Å². The second-order valence-corrected chi connectivity index (χ2v) is 5.20. The van der Waals surface area contributed by atoms with E-state index in [0.29, 0.717) is 12.5 Å². The lowest BCUT2D eigenvalue weighted by Gasteiger charge is -2.05. The van der Waals surface area contributed by atoms with Gasteiger partial charge in [0.25, 0.3) is 0 Å². The maximum Gasteiger partial charge on any atom is 0.220 e. The third kappa shape index (κ3) is 3.76. The van der Waals surface area contributed by atoms with E-state index in [9.17, 15) is 4.79 Å². The van der Waals surface area contributed by atoms with Crippen molar-refractivity contribution in [3.63, 3.8) is 0 Å². The predicted molar refractivity (Wildman–Crippen MR) is 74.1 cm³/mol. The molecule has 1 aliphatic rings. The Bertz CT molecular complexity index is 399. The predicted octanol–water partition coefficient (Wildman–Crippen LogP) is 2.51. The van der Waals surface area contributed by atoms with Gasteiger partial charge in [-0.15, -0.1) is 0 Å². The van der Waals surface area contributed by atoms with Crippen LogP contribution in [0.25, 0.3) is 0 Å². The van der Waals surface area contributed by atoms with Gasteiger partial charge in [-0.1, -0.05) is 25.5 Å². The molecule has 3 heteroatoms. The Morgan fingerprint density at radius 1 is 1.39 bits per heavy atom. The number of amides is 1. The van der Waals surface area contributed by atoms with Crippen LogP contribution in [-0.4, -0.2) is 11.9 Å². The quantitative estimate of drug-likeness (QED) is 0.758. The SMILES string of the molecule is CCCC1CC1NC(=O)CCc1ccc(N)cc1. The molecular weight excluding hydrogens is 224 g/mol. The molecule has 0 heterocycles. The first-order valence-electron chi connectivity index (χ1n) is 6.83. The van der Waals surface area contributed by atoms with Gasteiger partial charge in [0.05, 0.1) is 0 Å². The fourth-order valence-corrected chi connectivity index (χ4v) is 2.34. The van der Waals surface area contributed by atoms with Gasteiger partial charge in [-0.2, -0.15) is 0 Å². The Labute approximate surface area is 109 Å². The molecule has 1 aromatic rings. The van der Waals surface area contributed by atoms with E-state index in [1.165, 1.54) is 24.8 Å². The molecule has 1 aromatic carbocycles. The topological polar surface area (TPSA) is 55.1 Å². The number of anilines is 1. The van der Waals surface area contributed by atoms with Crippen molar-refractivity contribution in [2.24, 2.45) is 5.92 Å². The number of carbonyl (C=O) groups excluding carboxylic acids is 1. The summed E-state index contributed by atoms with van der Waals surface area (Å²) in [7, 11) is 0. The zero-order chi connectivity index (χ0) is 13.0. The Balaban J connectivity index is 1.68. The molecule has 0 aromatic heterocycles. The van der Waals surface area contributed by atoms with Crippen LogP contribution >= 0.6 is 0 Å². The van der Waals surface area contributed by atoms with Crippen LogP contribution in [0.5, 0.6) is 0 Å². The van der Waals surface area contributed by atoms with E-state index in [1.807, 2.05) is 24.3 Å². The highest BCUT2D eigenvalue weighted by atomic mass is 16.1. The smallest absolute Gasteiger partial charge is 0.220 e. The minimum absolute atomic E-state index is 0.176. The zero-order valence-corrected chi connectivity index (χ0v) is 11.0. The summed E-state index contributed by atoms with van der Waals surface area (Å²) in [6.07, 6.45) is 4.98. The highest BCUT2D eigenvalue weighted by Gasteiger charge is 2.36. The number of hydrogen-bond acceptors (Lipinski definition) is 2. The summed E-state index contributed by atoms with van der Waals surface area (Å²) < 4.78 is 0. The molecule has 3 nitrogen and oxygen atoms in total. The summed E-state index contributed by atoms with van der Waals surface area (Å²) in [5.74, 6) is 0.908. The summed E-state index contributed by atoms with van der Waals surface area (Å²) in [6.45, 7) is 2.19. The van der Waals surface area contributed by atoms with Crippen LogP contribution in [0, 0.1) is 5.92 Å². The molecule has 1 aliphatic carbocycles. The van der Waals surface area contributed by atoms with Crippen molar-refractivity contribution >= 4 is 11.6 Å². The summed E-state index contributed by atoms with van der Waals surface area (Å²) >= 11 is 0.